The first-order valence-electron chi connectivity index (χ1n) is 8.39. The van der Waals surface area contributed by atoms with Gasteiger partial charge in [-0.05, 0) is 60.5 Å². The monoisotopic (exact) mass is 343 g/mol. The molecule has 130 valence electrons. The van der Waals surface area contributed by atoms with Crippen LogP contribution in [0, 0.1) is 0 Å². The molecule has 0 amide bonds. The molecule has 0 saturated heterocycles. The minimum atomic E-state index is -1.71. The molecule has 0 spiro atoms. The predicted molar refractivity (Wildman–Crippen MR) is 105 cm³/mol. The molecule has 0 aliphatic rings. The number of hydrogen-bond acceptors (Lipinski definition) is 3. The minimum absolute atomic E-state index is 0.232. The highest BCUT2D eigenvalue weighted by molar-refractivity contribution is 6.74. The number of nitrogens with zero attached hydrogens (tertiary/aromatic N) is 1. The van der Waals surface area contributed by atoms with E-state index in [1.165, 1.54) is 5.57 Å². The third-order valence-electron chi connectivity index (χ3n) is 4.98. The third kappa shape index (κ3) is 4.25. The van der Waals surface area contributed by atoms with Crippen molar-refractivity contribution in [1.82, 2.24) is 4.98 Å². The van der Waals surface area contributed by atoms with Crippen LogP contribution in [0.1, 0.15) is 33.3 Å². The molecule has 0 radical (unpaired) electrons. The summed E-state index contributed by atoms with van der Waals surface area (Å²) >= 11 is 0. The highest BCUT2D eigenvalue weighted by atomic mass is 28.4. The fraction of sp³-hybridized carbons (Fsp3) is 0.450. The Balaban J connectivity index is 2.17. The molecule has 24 heavy (non-hydrogen) atoms. The molecule has 2 rings (SSSR count). The van der Waals surface area contributed by atoms with E-state index in [4.69, 9.17) is 9.16 Å². The predicted octanol–water partition coefficient (Wildman–Crippen LogP) is 5.67. The number of fused-ring (bicyclic) bond motifs is 1. The summed E-state index contributed by atoms with van der Waals surface area (Å²) in [5, 5.41) is 1.32. The number of aromatic nitrogens is 1. The van der Waals surface area contributed by atoms with Gasteiger partial charge in [-0.3, -0.25) is 4.98 Å². The second kappa shape index (κ2) is 7.07. The van der Waals surface area contributed by atoms with E-state index in [1.54, 1.807) is 7.11 Å². The Morgan fingerprint density at radius 1 is 1.21 bits per heavy atom. The Kier molecular flexibility index (Phi) is 5.51. The molecule has 0 N–H and O–H groups in total. The Hall–Kier alpha value is -1.65. The Labute approximate surface area is 146 Å². The molecule has 1 aromatic heterocycles. The first kappa shape index (κ1) is 18.7. The second-order valence-electron chi connectivity index (χ2n) is 7.74. The van der Waals surface area contributed by atoms with Crippen molar-refractivity contribution in [2.45, 2.75) is 45.8 Å². The van der Waals surface area contributed by atoms with Gasteiger partial charge < -0.3 is 9.16 Å². The quantitative estimate of drug-likeness (QED) is 0.656. The highest BCUT2D eigenvalue weighted by Gasteiger charge is 2.36. The van der Waals surface area contributed by atoms with E-state index in [9.17, 15) is 0 Å². The topological polar surface area (TPSA) is 31.4 Å². The average molecular weight is 344 g/mol. The van der Waals surface area contributed by atoms with Gasteiger partial charge in [0.2, 0.25) is 0 Å². The van der Waals surface area contributed by atoms with Crippen LogP contribution in [-0.2, 0) is 4.43 Å². The average Bonchev–Trinajstić information content (AvgIpc) is 2.52. The number of hydrogen-bond donors (Lipinski definition) is 0. The van der Waals surface area contributed by atoms with E-state index in [0.29, 0.717) is 6.61 Å². The van der Waals surface area contributed by atoms with E-state index in [-0.39, 0.29) is 5.04 Å². The van der Waals surface area contributed by atoms with Crippen LogP contribution >= 0.6 is 0 Å². The normalized spacial score (nSPS) is 13.4. The lowest BCUT2D eigenvalue weighted by molar-refractivity contribution is 0.328. The summed E-state index contributed by atoms with van der Waals surface area (Å²) in [7, 11) is -0.0232. The molecule has 4 heteroatoms. The van der Waals surface area contributed by atoms with Crippen LogP contribution in [0.5, 0.6) is 5.75 Å². The van der Waals surface area contributed by atoms with E-state index in [0.717, 1.165) is 22.2 Å². The largest absolute Gasteiger partial charge is 0.497 e. The molecule has 0 unspecified atom stereocenters. The van der Waals surface area contributed by atoms with Gasteiger partial charge in [-0.2, -0.15) is 0 Å². The van der Waals surface area contributed by atoms with Crippen LogP contribution in [0.25, 0.3) is 16.5 Å². The van der Waals surface area contributed by atoms with Gasteiger partial charge >= 0.3 is 0 Å². The maximum Gasteiger partial charge on any atom is 0.192 e. The van der Waals surface area contributed by atoms with Gasteiger partial charge in [0, 0.05) is 11.6 Å². The fourth-order valence-corrected chi connectivity index (χ4v) is 3.09. The van der Waals surface area contributed by atoms with Crippen LogP contribution in [0.2, 0.25) is 18.1 Å². The van der Waals surface area contributed by atoms with Gasteiger partial charge in [0.15, 0.2) is 8.32 Å². The van der Waals surface area contributed by atoms with Crippen molar-refractivity contribution in [3.05, 3.63) is 42.1 Å². The van der Waals surface area contributed by atoms with Crippen molar-refractivity contribution in [1.29, 1.82) is 0 Å². The fourth-order valence-electron chi connectivity index (χ4n) is 2.16. The lowest BCUT2D eigenvalue weighted by Crippen LogP contribution is -2.40. The zero-order valence-corrected chi connectivity index (χ0v) is 16.9. The summed E-state index contributed by atoms with van der Waals surface area (Å²) < 4.78 is 11.5. The van der Waals surface area contributed by atoms with Crippen molar-refractivity contribution in [2.75, 3.05) is 13.7 Å². The molecule has 0 fully saturated rings. The van der Waals surface area contributed by atoms with E-state index in [1.807, 2.05) is 24.4 Å². The number of benzene rings is 1. The molecular formula is C20H29NO2Si. The molecular weight excluding hydrogens is 314 g/mol. The van der Waals surface area contributed by atoms with Gasteiger partial charge in [-0.15, -0.1) is 0 Å². The van der Waals surface area contributed by atoms with Crippen molar-refractivity contribution in [2.24, 2.45) is 0 Å². The molecule has 1 heterocycles. The van der Waals surface area contributed by atoms with E-state index >= 15 is 0 Å². The first-order chi connectivity index (χ1) is 11.1. The summed E-state index contributed by atoms with van der Waals surface area (Å²) in [5.41, 5.74) is 3.28. The maximum absolute atomic E-state index is 6.23. The smallest absolute Gasteiger partial charge is 0.192 e. The number of rotatable bonds is 5. The molecule has 0 atom stereocenters. The van der Waals surface area contributed by atoms with Crippen molar-refractivity contribution < 1.29 is 9.16 Å². The lowest BCUT2D eigenvalue weighted by Gasteiger charge is -2.35. The number of ether oxygens (including phenoxy) is 1. The molecule has 2 aromatic rings. The first-order valence-corrected chi connectivity index (χ1v) is 11.3. The molecule has 3 nitrogen and oxygen atoms in total. The summed E-state index contributed by atoms with van der Waals surface area (Å²) in [6.45, 7) is 14.1. The zero-order chi connectivity index (χ0) is 18.0. The zero-order valence-electron chi connectivity index (χ0n) is 15.9. The Bertz CT molecular complexity index is 745. The van der Waals surface area contributed by atoms with Crippen LogP contribution in [0.3, 0.4) is 0 Å². The van der Waals surface area contributed by atoms with Gasteiger partial charge in [0.05, 0.1) is 19.2 Å². The SMILES string of the molecule is COc1ccc2ncc(C(C)=CCO[Si](C)(C)C(C)(C)C)cc2c1. The number of pyridine rings is 1. The van der Waals surface area contributed by atoms with Crippen molar-refractivity contribution in [3.63, 3.8) is 0 Å². The minimum Gasteiger partial charge on any atom is -0.497 e. The summed E-state index contributed by atoms with van der Waals surface area (Å²) in [4.78, 5) is 4.55. The summed E-state index contributed by atoms with van der Waals surface area (Å²) in [5.74, 6) is 0.851. The summed E-state index contributed by atoms with van der Waals surface area (Å²) in [6.07, 6.45) is 4.08. The van der Waals surface area contributed by atoms with Crippen LogP contribution in [-0.4, -0.2) is 27.0 Å². The van der Waals surface area contributed by atoms with Gasteiger partial charge in [0.25, 0.3) is 0 Å². The van der Waals surface area contributed by atoms with Gasteiger partial charge in [0.1, 0.15) is 5.75 Å². The summed E-state index contributed by atoms with van der Waals surface area (Å²) in [6, 6.07) is 8.09. The van der Waals surface area contributed by atoms with Gasteiger partial charge in [-0.25, -0.2) is 0 Å². The van der Waals surface area contributed by atoms with Crippen LogP contribution in [0.15, 0.2) is 36.5 Å². The van der Waals surface area contributed by atoms with E-state index < -0.39 is 8.32 Å². The maximum atomic E-state index is 6.23. The third-order valence-corrected chi connectivity index (χ3v) is 9.48. The van der Waals surface area contributed by atoms with Crippen LogP contribution < -0.4 is 4.74 Å². The molecule has 0 saturated carbocycles. The number of methoxy groups -OCH3 is 1. The second-order valence-corrected chi connectivity index (χ2v) is 12.6. The molecule has 0 aliphatic heterocycles. The van der Waals surface area contributed by atoms with E-state index in [2.05, 4.69) is 57.9 Å². The molecule has 1 aromatic carbocycles. The van der Waals surface area contributed by atoms with Crippen molar-refractivity contribution >= 4 is 24.8 Å². The van der Waals surface area contributed by atoms with Crippen molar-refractivity contribution in [3.8, 4) is 5.75 Å². The molecule has 0 bridgehead atoms. The van der Waals surface area contributed by atoms with Crippen LogP contribution in [0.4, 0.5) is 0 Å². The molecule has 0 aliphatic carbocycles. The number of allylic oxidation sites excluding steroid dienone is 1. The Morgan fingerprint density at radius 2 is 1.92 bits per heavy atom. The standard InChI is InChI=1S/C20H29NO2Si/c1-15(10-11-23-24(6,7)20(2,3)4)17-12-16-13-18(22-5)8-9-19(16)21-14-17/h8-10,12-14H,11H2,1-7H3. The lowest BCUT2D eigenvalue weighted by atomic mass is 10.1. The highest BCUT2D eigenvalue weighted by Crippen LogP contribution is 2.36. The van der Waals surface area contributed by atoms with Gasteiger partial charge in [-0.1, -0.05) is 26.8 Å². The Morgan fingerprint density at radius 3 is 2.54 bits per heavy atom.